The van der Waals surface area contributed by atoms with Gasteiger partial charge in [0.05, 0.1) is 0 Å². The van der Waals surface area contributed by atoms with Crippen molar-refractivity contribution in [2.24, 2.45) is 5.92 Å². The van der Waals surface area contributed by atoms with Crippen molar-refractivity contribution in [1.29, 1.82) is 0 Å². The van der Waals surface area contributed by atoms with Crippen molar-refractivity contribution < 1.29 is 4.79 Å². The van der Waals surface area contributed by atoms with Gasteiger partial charge in [-0.2, -0.15) is 0 Å². The lowest BCUT2D eigenvalue weighted by Crippen LogP contribution is -2.41. The van der Waals surface area contributed by atoms with Gasteiger partial charge in [0.15, 0.2) is 0 Å². The second kappa shape index (κ2) is 7.50. The van der Waals surface area contributed by atoms with Gasteiger partial charge in [0.2, 0.25) is 5.91 Å². The number of carbonyl (C=O) groups is 1. The average molecular weight is 345 g/mol. The first-order valence-electron chi connectivity index (χ1n) is 8.58. The molecular formula is C17H23N5O3. The Labute approximate surface area is 145 Å². The van der Waals surface area contributed by atoms with E-state index in [1.165, 1.54) is 16.8 Å². The van der Waals surface area contributed by atoms with E-state index in [1.807, 2.05) is 18.0 Å². The number of hydrogen-bond donors (Lipinski definition) is 1. The molecule has 0 bridgehead atoms. The summed E-state index contributed by atoms with van der Waals surface area (Å²) in [5.41, 5.74) is -0.909. The number of likely N-dealkylation sites (tertiary alicyclic amines) is 1. The summed E-state index contributed by atoms with van der Waals surface area (Å²) in [5.74, 6) is 1.45. The second-order valence-electron chi connectivity index (χ2n) is 6.53. The monoisotopic (exact) mass is 345 g/mol. The van der Waals surface area contributed by atoms with Crippen molar-refractivity contribution in [2.75, 3.05) is 13.1 Å². The summed E-state index contributed by atoms with van der Waals surface area (Å²) in [7, 11) is 0. The number of aromatic nitrogens is 4. The quantitative estimate of drug-likeness (QED) is 0.847. The third-order valence-electron chi connectivity index (χ3n) is 4.71. The molecule has 0 spiro atoms. The van der Waals surface area contributed by atoms with E-state index in [0.717, 1.165) is 38.3 Å². The number of aromatic amines is 1. The molecule has 2 aromatic heterocycles. The van der Waals surface area contributed by atoms with Crippen LogP contribution in [0.2, 0.25) is 0 Å². The van der Waals surface area contributed by atoms with E-state index >= 15 is 0 Å². The molecule has 0 aliphatic carbocycles. The van der Waals surface area contributed by atoms with E-state index in [0.29, 0.717) is 5.92 Å². The molecule has 3 rings (SSSR count). The van der Waals surface area contributed by atoms with Crippen molar-refractivity contribution in [3.63, 3.8) is 0 Å². The van der Waals surface area contributed by atoms with E-state index in [9.17, 15) is 14.4 Å². The van der Waals surface area contributed by atoms with E-state index in [1.54, 1.807) is 6.20 Å². The number of amides is 1. The molecule has 1 aliphatic heterocycles. The fourth-order valence-electron chi connectivity index (χ4n) is 3.31. The predicted molar refractivity (Wildman–Crippen MR) is 92.2 cm³/mol. The molecule has 1 aliphatic rings. The molecule has 0 saturated carbocycles. The number of hydrogen-bond acceptors (Lipinski definition) is 4. The van der Waals surface area contributed by atoms with Gasteiger partial charge in [-0.15, -0.1) is 0 Å². The van der Waals surface area contributed by atoms with Crippen LogP contribution in [0.4, 0.5) is 0 Å². The largest absolute Gasteiger partial charge is 0.342 e. The Morgan fingerprint density at radius 1 is 1.32 bits per heavy atom. The summed E-state index contributed by atoms with van der Waals surface area (Å²) in [4.78, 5) is 43.5. The molecule has 0 unspecified atom stereocenters. The molecule has 1 atom stereocenters. The first-order chi connectivity index (χ1) is 12.0. The maximum absolute atomic E-state index is 12.5. The Bertz CT molecular complexity index is 850. The van der Waals surface area contributed by atoms with Crippen LogP contribution in [0, 0.1) is 12.8 Å². The van der Waals surface area contributed by atoms with Crippen LogP contribution in [0.25, 0.3) is 0 Å². The summed E-state index contributed by atoms with van der Waals surface area (Å²) in [6, 6.07) is 1.29. The predicted octanol–water partition coefficient (Wildman–Crippen LogP) is 0.370. The number of rotatable bonds is 5. The number of nitrogens with one attached hydrogen (secondary N) is 1. The van der Waals surface area contributed by atoms with Gasteiger partial charge in [-0.05, 0) is 25.7 Å². The van der Waals surface area contributed by atoms with Crippen LogP contribution in [-0.4, -0.2) is 43.0 Å². The van der Waals surface area contributed by atoms with Gasteiger partial charge in [0.1, 0.15) is 5.82 Å². The van der Waals surface area contributed by atoms with Gasteiger partial charge in [0.25, 0.3) is 5.56 Å². The van der Waals surface area contributed by atoms with Crippen molar-refractivity contribution in [2.45, 2.75) is 39.3 Å². The third-order valence-corrected chi connectivity index (χ3v) is 4.71. The zero-order chi connectivity index (χ0) is 17.8. The summed E-state index contributed by atoms with van der Waals surface area (Å²) in [6.07, 6.45) is 7.53. The number of aryl methyl sites for hydroxylation is 2. The van der Waals surface area contributed by atoms with E-state index in [2.05, 4.69) is 14.5 Å². The van der Waals surface area contributed by atoms with E-state index < -0.39 is 11.2 Å². The highest BCUT2D eigenvalue weighted by Gasteiger charge is 2.24. The number of imidazole rings is 1. The average Bonchev–Trinajstić information content (AvgIpc) is 2.99. The molecule has 134 valence electrons. The SMILES string of the molecule is Cc1nccn1C[C@@H]1CCCN(C(=O)CCn2ccc(=O)[nH]c2=O)C1. The molecular weight excluding hydrogens is 322 g/mol. The van der Waals surface area contributed by atoms with Gasteiger partial charge < -0.3 is 14.0 Å². The first-order valence-corrected chi connectivity index (χ1v) is 8.58. The van der Waals surface area contributed by atoms with Crippen LogP contribution in [-0.2, 0) is 17.9 Å². The highest BCUT2D eigenvalue weighted by atomic mass is 16.2. The summed E-state index contributed by atoms with van der Waals surface area (Å²) < 4.78 is 3.48. The molecule has 0 radical (unpaired) electrons. The molecule has 1 saturated heterocycles. The Hall–Kier alpha value is -2.64. The van der Waals surface area contributed by atoms with Gasteiger partial charge in [0, 0.05) is 57.3 Å². The number of carbonyl (C=O) groups excluding carboxylic acids is 1. The van der Waals surface area contributed by atoms with Crippen LogP contribution in [0.1, 0.15) is 25.1 Å². The minimum atomic E-state index is -0.479. The topological polar surface area (TPSA) is 93.0 Å². The lowest BCUT2D eigenvalue weighted by molar-refractivity contribution is -0.133. The van der Waals surface area contributed by atoms with Crippen molar-refractivity contribution in [3.05, 3.63) is 51.3 Å². The fraction of sp³-hybridized carbons (Fsp3) is 0.529. The molecule has 1 fully saturated rings. The summed E-state index contributed by atoms with van der Waals surface area (Å²) in [6.45, 7) is 4.62. The molecule has 8 heteroatoms. The molecule has 25 heavy (non-hydrogen) atoms. The normalized spacial score (nSPS) is 17.6. The smallest absolute Gasteiger partial charge is 0.328 e. The minimum Gasteiger partial charge on any atom is -0.342 e. The highest BCUT2D eigenvalue weighted by molar-refractivity contribution is 5.76. The molecule has 2 aromatic rings. The zero-order valence-corrected chi connectivity index (χ0v) is 14.4. The first kappa shape index (κ1) is 17.2. The van der Waals surface area contributed by atoms with Crippen LogP contribution in [0.3, 0.4) is 0 Å². The lowest BCUT2D eigenvalue weighted by Gasteiger charge is -2.33. The molecule has 3 heterocycles. The van der Waals surface area contributed by atoms with Crippen molar-refractivity contribution >= 4 is 5.91 Å². The van der Waals surface area contributed by atoms with Crippen molar-refractivity contribution in [3.8, 4) is 0 Å². The second-order valence-corrected chi connectivity index (χ2v) is 6.53. The van der Waals surface area contributed by atoms with Crippen molar-refractivity contribution in [1.82, 2.24) is 24.0 Å². The Kier molecular flexibility index (Phi) is 5.16. The standard InChI is InChI=1S/C17H23N5O3/c1-13-18-6-10-21(13)11-14-3-2-7-22(12-14)16(24)5-9-20-8-4-15(23)19-17(20)25/h4,6,8,10,14H,2-3,5,7,9,11-12H2,1H3,(H,19,23,25)/t14-/m0/s1. The maximum atomic E-state index is 12.5. The number of H-pyrrole nitrogens is 1. The highest BCUT2D eigenvalue weighted by Crippen LogP contribution is 2.19. The lowest BCUT2D eigenvalue weighted by atomic mass is 9.97. The van der Waals surface area contributed by atoms with Gasteiger partial charge >= 0.3 is 5.69 Å². The van der Waals surface area contributed by atoms with Gasteiger partial charge in [-0.25, -0.2) is 9.78 Å². The fourth-order valence-corrected chi connectivity index (χ4v) is 3.31. The molecule has 1 amide bonds. The molecule has 8 nitrogen and oxygen atoms in total. The molecule has 0 aromatic carbocycles. The zero-order valence-electron chi connectivity index (χ0n) is 14.4. The Balaban J connectivity index is 1.55. The van der Waals surface area contributed by atoms with Crippen LogP contribution >= 0.6 is 0 Å². The summed E-state index contributed by atoms with van der Waals surface area (Å²) >= 11 is 0. The summed E-state index contributed by atoms with van der Waals surface area (Å²) in [5, 5.41) is 0. The Morgan fingerprint density at radius 3 is 2.88 bits per heavy atom. The van der Waals surface area contributed by atoms with E-state index in [4.69, 9.17) is 0 Å². The van der Waals surface area contributed by atoms with Crippen LogP contribution < -0.4 is 11.2 Å². The number of nitrogens with zero attached hydrogens (tertiary/aromatic N) is 4. The van der Waals surface area contributed by atoms with Gasteiger partial charge in [-0.1, -0.05) is 0 Å². The minimum absolute atomic E-state index is 0.0464. The van der Waals surface area contributed by atoms with Crippen LogP contribution in [0.15, 0.2) is 34.2 Å². The Morgan fingerprint density at radius 2 is 2.16 bits per heavy atom. The molecule has 1 N–H and O–H groups in total. The third kappa shape index (κ3) is 4.26. The van der Waals surface area contributed by atoms with E-state index in [-0.39, 0.29) is 18.9 Å². The maximum Gasteiger partial charge on any atom is 0.328 e. The van der Waals surface area contributed by atoms with Crippen LogP contribution in [0.5, 0.6) is 0 Å². The van der Waals surface area contributed by atoms with Gasteiger partial charge in [-0.3, -0.25) is 14.6 Å². The number of piperidine rings is 1.